The van der Waals surface area contributed by atoms with Gasteiger partial charge in [0.15, 0.2) is 0 Å². The van der Waals surface area contributed by atoms with Crippen molar-refractivity contribution in [2.45, 2.75) is 0 Å². The van der Waals surface area contributed by atoms with E-state index in [-0.39, 0.29) is 77.3 Å². The molecule has 0 aliphatic heterocycles. The van der Waals surface area contributed by atoms with Gasteiger partial charge in [0.05, 0.1) is 0 Å². The van der Waals surface area contributed by atoms with Gasteiger partial charge in [-0.25, -0.2) is 0 Å². The molecule has 0 aliphatic rings. The Balaban J connectivity index is 0. The minimum absolute atomic E-state index is 0. The van der Waals surface area contributed by atoms with E-state index in [4.69, 9.17) is 0 Å². The summed E-state index contributed by atoms with van der Waals surface area (Å²) >= 11 is 0. The molecule has 0 aliphatic carbocycles. The Morgan fingerprint density at radius 3 is 0.500 bits per heavy atom. The number of hydrogen-bond acceptors (Lipinski definition) is 0. The summed E-state index contributed by atoms with van der Waals surface area (Å²) in [5, 5.41) is 0. The first-order valence-electron chi connectivity index (χ1n) is 0. The van der Waals surface area contributed by atoms with Gasteiger partial charge in [0, 0.05) is 18.6 Å². The zero-order chi connectivity index (χ0) is 0. The molecule has 47 valence electrons. The molecule has 0 saturated carbocycles. The molecule has 6 heteroatoms. The van der Waals surface area contributed by atoms with Gasteiger partial charge < -0.3 is 21.9 Å². The summed E-state index contributed by atoms with van der Waals surface area (Å²) in [6, 6.07) is 0. The zero-order valence-corrected chi connectivity index (χ0v) is 5.53. The van der Waals surface area contributed by atoms with Crippen LogP contribution in [0.4, 0.5) is 0 Å². The Labute approximate surface area is 76.6 Å². The normalized spacial score (nSPS) is 0. The van der Waals surface area contributed by atoms with Gasteiger partial charge in [-0.05, 0) is 0 Å². The van der Waals surface area contributed by atoms with Crippen LogP contribution in [-0.4, -0.2) is 0 Å². The number of hydrogen-bond donors (Lipinski definition) is 0. The largest absolute Gasteiger partial charge is 3.00 e. The summed E-state index contributed by atoms with van der Waals surface area (Å²) in [5.41, 5.74) is 0. The van der Waals surface area contributed by atoms with E-state index in [2.05, 4.69) is 0 Å². The van der Waals surface area contributed by atoms with Crippen molar-refractivity contribution in [2.24, 2.45) is 0 Å². The standard InChI is InChI=1S/4O.Tm.V/q4*-2;+3;. The van der Waals surface area contributed by atoms with Gasteiger partial charge in [0.25, 0.3) is 0 Å². The van der Waals surface area contributed by atoms with Crippen LogP contribution in [0, 0.1) is 36.9 Å². The van der Waals surface area contributed by atoms with Crippen LogP contribution in [0.15, 0.2) is 0 Å². The van der Waals surface area contributed by atoms with E-state index in [1.165, 1.54) is 0 Å². The quantitative estimate of drug-likeness (QED) is 0.571. The maximum atomic E-state index is 0. The average Bonchev–Trinajstić information content (AvgIpc) is 0. The van der Waals surface area contributed by atoms with Crippen molar-refractivity contribution in [2.75, 3.05) is 0 Å². The molecule has 0 amide bonds. The summed E-state index contributed by atoms with van der Waals surface area (Å²) in [7, 11) is 0. The first-order chi connectivity index (χ1) is 0. The van der Waals surface area contributed by atoms with Crippen molar-refractivity contribution >= 4 is 0 Å². The third-order valence-electron chi connectivity index (χ3n) is 0. The molecule has 0 rings (SSSR count). The second-order valence-electron chi connectivity index (χ2n) is 0. The monoisotopic (exact) mass is 284 g/mol. The predicted octanol–water partition coefficient (Wildman–Crippen LogP) is -0.478. The number of rotatable bonds is 0. The van der Waals surface area contributed by atoms with Crippen LogP contribution in [0.1, 0.15) is 0 Å². The third kappa shape index (κ3) is 44.7. The van der Waals surface area contributed by atoms with Crippen LogP contribution in [0.5, 0.6) is 0 Å². The van der Waals surface area contributed by atoms with Crippen LogP contribution in [-0.2, 0) is 40.5 Å². The molecule has 4 nitrogen and oxygen atoms in total. The molecule has 6 heavy (non-hydrogen) atoms. The molecule has 0 heterocycles. The first-order valence-corrected chi connectivity index (χ1v) is 0. The van der Waals surface area contributed by atoms with Gasteiger partial charge in [0.1, 0.15) is 0 Å². The molecule has 0 aromatic heterocycles. The van der Waals surface area contributed by atoms with Crippen LogP contribution in [0.25, 0.3) is 0 Å². The van der Waals surface area contributed by atoms with E-state index in [9.17, 15) is 0 Å². The molecule has 0 aromatic rings. The molecule has 1 radical (unpaired) electrons. The maximum absolute atomic E-state index is 0. The molecular weight excluding hydrogens is 284 g/mol. The van der Waals surface area contributed by atoms with Crippen molar-refractivity contribution in [3.05, 3.63) is 0 Å². The molecule has 0 N–H and O–H groups in total. The second kappa shape index (κ2) is 77.5. The van der Waals surface area contributed by atoms with Gasteiger partial charge in [-0.15, -0.1) is 0 Å². The molecule has 0 spiro atoms. The van der Waals surface area contributed by atoms with Crippen LogP contribution >= 0.6 is 0 Å². The van der Waals surface area contributed by atoms with Gasteiger partial charge >= 0.3 is 36.9 Å². The van der Waals surface area contributed by atoms with Gasteiger partial charge in [0.2, 0.25) is 0 Å². The van der Waals surface area contributed by atoms with Crippen molar-refractivity contribution < 1.29 is 77.3 Å². The smallest absolute Gasteiger partial charge is 2.00 e. The summed E-state index contributed by atoms with van der Waals surface area (Å²) in [6.07, 6.45) is 0. The minimum Gasteiger partial charge on any atom is -2.00 e. The van der Waals surface area contributed by atoms with Gasteiger partial charge in [-0.3, -0.25) is 0 Å². The minimum atomic E-state index is 0. The fraction of sp³-hybridized carbons (Fsp3) is 0. The fourth-order valence-electron chi connectivity index (χ4n) is 0. The van der Waals surface area contributed by atoms with Crippen LogP contribution in [0.2, 0.25) is 0 Å². The fourth-order valence-corrected chi connectivity index (χ4v) is 0. The Morgan fingerprint density at radius 1 is 0.500 bits per heavy atom. The zero-order valence-electron chi connectivity index (χ0n) is 2.36. The van der Waals surface area contributed by atoms with E-state index < -0.39 is 0 Å². The SMILES string of the molecule is [O-2].[O-2].[O-2].[O-2].[Tm+3].[V]. The van der Waals surface area contributed by atoms with Gasteiger partial charge in [-0.1, -0.05) is 0 Å². The van der Waals surface area contributed by atoms with Gasteiger partial charge in [-0.2, -0.15) is 0 Å². The summed E-state index contributed by atoms with van der Waals surface area (Å²) < 4.78 is 0. The van der Waals surface area contributed by atoms with Crippen molar-refractivity contribution in [1.82, 2.24) is 0 Å². The van der Waals surface area contributed by atoms with Crippen molar-refractivity contribution in [1.29, 1.82) is 0 Å². The third-order valence-corrected chi connectivity index (χ3v) is 0. The Hall–Kier alpha value is 1.66. The summed E-state index contributed by atoms with van der Waals surface area (Å²) in [5.74, 6) is 0. The maximum Gasteiger partial charge on any atom is 3.00 e. The molecule has 0 bridgehead atoms. The summed E-state index contributed by atoms with van der Waals surface area (Å²) in [4.78, 5) is 0. The van der Waals surface area contributed by atoms with E-state index >= 15 is 0 Å². The van der Waals surface area contributed by atoms with E-state index in [1.807, 2.05) is 0 Å². The van der Waals surface area contributed by atoms with Crippen molar-refractivity contribution in [3.8, 4) is 0 Å². The average molecular weight is 284 g/mol. The first kappa shape index (κ1) is 123. The molecule has 0 aromatic carbocycles. The molecular formula is O4TmV-5. The second-order valence-corrected chi connectivity index (χ2v) is 0. The van der Waals surface area contributed by atoms with Crippen LogP contribution in [0.3, 0.4) is 0 Å². The topological polar surface area (TPSA) is 114 Å². The molecule has 0 saturated heterocycles. The molecule has 0 atom stereocenters. The van der Waals surface area contributed by atoms with E-state index in [1.54, 1.807) is 0 Å². The van der Waals surface area contributed by atoms with Crippen molar-refractivity contribution in [3.63, 3.8) is 0 Å². The van der Waals surface area contributed by atoms with E-state index in [0.717, 1.165) is 0 Å². The molecule has 0 fully saturated rings. The van der Waals surface area contributed by atoms with Crippen LogP contribution < -0.4 is 0 Å². The van der Waals surface area contributed by atoms with E-state index in [0.29, 0.717) is 0 Å². The molecule has 0 unspecified atom stereocenters. The Kier molecular flexibility index (Phi) is 1600. The predicted molar refractivity (Wildman–Crippen MR) is 2.75 cm³/mol. The summed E-state index contributed by atoms with van der Waals surface area (Å²) in [6.45, 7) is 0. The Morgan fingerprint density at radius 2 is 0.500 bits per heavy atom. The Bertz CT molecular complexity index is 7.51.